The Morgan fingerprint density at radius 1 is 1.00 bits per heavy atom. The van der Waals surface area contributed by atoms with Gasteiger partial charge in [-0.15, -0.1) is 6.58 Å². The van der Waals surface area contributed by atoms with Crippen molar-refractivity contribution in [1.82, 2.24) is 20.2 Å². The first-order valence-corrected chi connectivity index (χ1v) is 13.6. The third-order valence-electron chi connectivity index (χ3n) is 8.92. The van der Waals surface area contributed by atoms with Crippen LogP contribution < -0.4 is 10.2 Å². The van der Waals surface area contributed by atoms with Crippen molar-refractivity contribution < 1.29 is 9.53 Å². The SMILES string of the molecule is C=CCN1C2CCC1C1CCC2N1C(c1ccc(C(=O)NN2CCCC2)cc1)c1cccc(OC)c1. The maximum absolute atomic E-state index is 12.8. The Hall–Kier alpha value is -2.67. The molecule has 5 unspecified atom stereocenters. The molecule has 36 heavy (non-hydrogen) atoms. The van der Waals surface area contributed by atoms with Crippen molar-refractivity contribution in [2.75, 3.05) is 26.7 Å². The minimum Gasteiger partial charge on any atom is -0.497 e. The third kappa shape index (κ3) is 4.15. The van der Waals surface area contributed by atoms with Crippen LogP contribution in [0, 0.1) is 0 Å². The first-order valence-electron chi connectivity index (χ1n) is 13.6. The number of rotatable bonds is 8. The minimum atomic E-state index is -0.0162. The number of methoxy groups -OCH3 is 1. The number of nitrogens with one attached hydrogen (secondary N) is 1. The van der Waals surface area contributed by atoms with Gasteiger partial charge in [0.1, 0.15) is 5.75 Å². The molecule has 2 aromatic carbocycles. The number of nitrogens with zero attached hydrogens (tertiary/aromatic N) is 3. The summed E-state index contributed by atoms with van der Waals surface area (Å²) in [5, 5.41) is 2.03. The smallest absolute Gasteiger partial charge is 0.265 e. The van der Waals surface area contributed by atoms with E-state index >= 15 is 0 Å². The Bertz CT molecular complexity index is 1080. The van der Waals surface area contributed by atoms with E-state index in [0.29, 0.717) is 29.7 Å². The normalized spacial score (nSPS) is 28.8. The van der Waals surface area contributed by atoms with Crippen LogP contribution in [0.4, 0.5) is 0 Å². The average molecular weight is 487 g/mol. The lowest BCUT2D eigenvalue weighted by molar-refractivity contribution is -0.00329. The van der Waals surface area contributed by atoms with Crippen LogP contribution in [-0.2, 0) is 0 Å². The monoisotopic (exact) mass is 486 g/mol. The highest BCUT2D eigenvalue weighted by Gasteiger charge is 2.56. The predicted molar refractivity (Wildman–Crippen MR) is 142 cm³/mol. The summed E-state index contributed by atoms with van der Waals surface area (Å²) in [5.41, 5.74) is 6.29. The van der Waals surface area contributed by atoms with Gasteiger partial charge in [-0.25, -0.2) is 5.01 Å². The van der Waals surface area contributed by atoms with Crippen molar-refractivity contribution in [2.24, 2.45) is 0 Å². The van der Waals surface area contributed by atoms with Crippen LogP contribution in [0.2, 0.25) is 0 Å². The number of benzene rings is 2. The fraction of sp³-hybridized carbons (Fsp3) is 0.500. The molecule has 4 bridgehead atoms. The average Bonchev–Trinajstić information content (AvgIpc) is 3.61. The van der Waals surface area contributed by atoms with E-state index in [1.54, 1.807) is 7.11 Å². The van der Waals surface area contributed by atoms with Gasteiger partial charge >= 0.3 is 0 Å². The van der Waals surface area contributed by atoms with E-state index < -0.39 is 0 Å². The predicted octanol–water partition coefficient (Wildman–Crippen LogP) is 4.39. The van der Waals surface area contributed by atoms with Crippen LogP contribution in [-0.4, -0.2) is 71.6 Å². The zero-order valence-corrected chi connectivity index (χ0v) is 21.3. The summed E-state index contributed by atoms with van der Waals surface area (Å²) in [6.45, 7) is 6.90. The Labute approximate surface area is 214 Å². The summed E-state index contributed by atoms with van der Waals surface area (Å²) in [5.74, 6) is 0.872. The van der Waals surface area contributed by atoms with Gasteiger partial charge in [0.05, 0.1) is 13.2 Å². The molecule has 5 atom stereocenters. The molecule has 4 aliphatic heterocycles. The number of carbonyl (C=O) groups is 1. The zero-order chi connectivity index (χ0) is 24.6. The van der Waals surface area contributed by atoms with E-state index in [0.717, 1.165) is 38.2 Å². The largest absolute Gasteiger partial charge is 0.497 e. The van der Waals surface area contributed by atoms with E-state index in [-0.39, 0.29) is 11.9 Å². The van der Waals surface area contributed by atoms with Crippen molar-refractivity contribution in [1.29, 1.82) is 0 Å². The number of hydrogen-bond donors (Lipinski definition) is 1. The van der Waals surface area contributed by atoms with Crippen LogP contribution >= 0.6 is 0 Å². The summed E-state index contributed by atoms with van der Waals surface area (Å²) in [6.07, 6.45) is 9.41. The second kappa shape index (κ2) is 10.0. The highest BCUT2D eigenvalue weighted by Crippen LogP contribution is 2.50. The van der Waals surface area contributed by atoms with Gasteiger partial charge in [-0.1, -0.05) is 30.3 Å². The molecule has 6 heteroatoms. The molecule has 0 spiro atoms. The van der Waals surface area contributed by atoms with E-state index in [4.69, 9.17) is 4.74 Å². The van der Waals surface area contributed by atoms with Crippen LogP contribution in [0.25, 0.3) is 0 Å². The molecule has 190 valence electrons. The van der Waals surface area contributed by atoms with Gasteiger partial charge in [0, 0.05) is 49.4 Å². The van der Waals surface area contributed by atoms with Crippen molar-refractivity contribution in [2.45, 2.75) is 68.7 Å². The molecule has 4 fully saturated rings. The topological polar surface area (TPSA) is 48.0 Å². The first-order chi connectivity index (χ1) is 17.7. The fourth-order valence-electron chi connectivity index (χ4n) is 7.42. The number of hydrazine groups is 1. The number of amides is 1. The van der Waals surface area contributed by atoms with Crippen LogP contribution in [0.1, 0.15) is 66.1 Å². The van der Waals surface area contributed by atoms with Crippen molar-refractivity contribution >= 4 is 5.91 Å². The van der Waals surface area contributed by atoms with E-state index in [1.165, 1.54) is 36.8 Å². The third-order valence-corrected chi connectivity index (χ3v) is 8.92. The Morgan fingerprint density at radius 3 is 2.31 bits per heavy atom. The highest BCUT2D eigenvalue weighted by molar-refractivity contribution is 5.93. The van der Waals surface area contributed by atoms with Gasteiger partial charge in [-0.2, -0.15) is 0 Å². The Balaban J connectivity index is 1.33. The lowest BCUT2D eigenvalue weighted by Crippen LogP contribution is -2.60. The summed E-state index contributed by atoms with van der Waals surface area (Å²) >= 11 is 0. The molecular weight excluding hydrogens is 448 g/mol. The Kier molecular flexibility index (Phi) is 6.59. The van der Waals surface area contributed by atoms with Crippen LogP contribution in [0.3, 0.4) is 0 Å². The molecule has 6 nitrogen and oxygen atoms in total. The summed E-state index contributed by atoms with van der Waals surface area (Å²) in [6, 6.07) is 19.3. The molecule has 0 saturated carbocycles. The molecule has 2 aromatic rings. The number of fused-ring (bicyclic) bond motifs is 6. The molecular formula is C30H38N4O2. The number of hydrogen-bond acceptors (Lipinski definition) is 5. The zero-order valence-electron chi connectivity index (χ0n) is 21.3. The lowest BCUT2D eigenvalue weighted by Gasteiger charge is -2.50. The maximum Gasteiger partial charge on any atom is 0.265 e. The lowest BCUT2D eigenvalue weighted by atomic mass is 9.91. The van der Waals surface area contributed by atoms with Gasteiger partial charge in [-0.05, 0) is 73.9 Å². The second-order valence-corrected chi connectivity index (χ2v) is 10.8. The first kappa shape index (κ1) is 23.7. The molecule has 4 aliphatic rings. The molecule has 4 heterocycles. The molecule has 0 radical (unpaired) electrons. The summed E-state index contributed by atoms with van der Waals surface area (Å²) in [7, 11) is 1.74. The van der Waals surface area contributed by atoms with Crippen molar-refractivity contribution in [3.05, 3.63) is 77.9 Å². The van der Waals surface area contributed by atoms with Gasteiger partial charge in [0.2, 0.25) is 0 Å². The van der Waals surface area contributed by atoms with Crippen molar-refractivity contribution in [3.8, 4) is 5.75 Å². The Morgan fingerprint density at radius 2 is 1.67 bits per heavy atom. The van der Waals surface area contributed by atoms with Gasteiger partial charge < -0.3 is 4.74 Å². The summed E-state index contributed by atoms with van der Waals surface area (Å²) in [4.78, 5) is 18.4. The number of ether oxygens (including phenoxy) is 1. The molecule has 0 aromatic heterocycles. The maximum atomic E-state index is 12.8. The molecule has 1 N–H and O–H groups in total. The molecule has 4 saturated heterocycles. The van der Waals surface area contributed by atoms with Crippen molar-refractivity contribution in [3.63, 3.8) is 0 Å². The number of carbonyl (C=O) groups excluding carboxylic acids is 1. The quantitative estimate of drug-likeness (QED) is 0.561. The van der Waals surface area contributed by atoms with Gasteiger partial charge in [-0.3, -0.25) is 20.0 Å². The fourth-order valence-corrected chi connectivity index (χ4v) is 7.42. The molecule has 0 aliphatic carbocycles. The van der Waals surface area contributed by atoms with Gasteiger partial charge in [0.15, 0.2) is 0 Å². The van der Waals surface area contributed by atoms with Crippen LogP contribution in [0.5, 0.6) is 5.75 Å². The number of piperazine rings is 1. The molecule has 1 amide bonds. The van der Waals surface area contributed by atoms with E-state index in [1.807, 2.05) is 23.2 Å². The highest BCUT2D eigenvalue weighted by atomic mass is 16.5. The van der Waals surface area contributed by atoms with E-state index in [2.05, 4.69) is 58.2 Å². The minimum absolute atomic E-state index is 0.0162. The second-order valence-electron chi connectivity index (χ2n) is 10.8. The standard InChI is InChI=1S/C30H38N4O2/c1-3-17-33-25-13-14-26(33)28-16-15-27(25)34(28)29(23-7-6-8-24(20-23)36-2)21-9-11-22(12-10-21)30(35)31-32-18-4-5-19-32/h3,6-12,20,25-29H,1,4-5,13-19H2,2H3,(H,31,35). The van der Waals surface area contributed by atoms with Crippen LogP contribution in [0.15, 0.2) is 61.2 Å². The van der Waals surface area contributed by atoms with E-state index in [9.17, 15) is 4.79 Å². The molecule has 6 rings (SSSR count). The van der Waals surface area contributed by atoms with Gasteiger partial charge in [0.25, 0.3) is 5.91 Å². The summed E-state index contributed by atoms with van der Waals surface area (Å²) < 4.78 is 5.62.